The van der Waals surface area contributed by atoms with E-state index < -0.39 is 0 Å². The summed E-state index contributed by atoms with van der Waals surface area (Å²) in [5.41, 5.74) is 3.22. The van der Waals surface area contributed by atoms with Crippen molar-refractivity contribution in [3.05, 3.63) is 94.8 Å². The zero-order chi connectivity index (χ0) is 21.5. The van der Waals surface area contributed by atoms with Crippen molar-refractivity contribution < 1.29 is 14.3 Å². The first kappa shape index (κ1) is 21.0. The summed E-state index contributed by atoms with van der Waals surface area (Å²) in [6.45, 7) is 2.50. The van der Waals surface area contributed by atoms with Crippen LogP contribution in [0.4, 0.5) is 0 Å². The van der Waals surface area contributed by atoms with Crippen molar-refractivity contribution in [2.45, 2.75) is 20.1 Å². The lowest BCUT2D eigenvalue weighted by atomic mass is 10.1. The third-order valence-corrected chi connectivity index (χ3v) is 4.60. The molecule has 0 fully saturated rings. The Morgan fingerprint density at radius 1 is 0.967 bits per heavy atom. The van der Waals surface area contributed by atoms with Gasteiger partial charge in [-0.3, -0.25) is 9.59 Å². The first-order chi connectivity index (χ1) is 14.5. The highest BCUT2D eigenvalue weighted by Crippen LogP contribution is 2.19. The predicted molar refractivity (Wildman–Crippen MR) is 115 cm³/mol. The molecule has 0 unspecified atom stereocenters. The summed E-state index contributed by atoms with van der Waals surface area (Å²) in [6, 6.07) is 20.7. The second-order valence-electron chi connectivity index (χ2n) is 7.09. The first-order valence-electron chi connectivity index (χ1n) is 9.68. The molecule has 0 saturated heterocycles. The van der Waals surface area contributed by atoms with E-state index in [1.807, 2.05) is 54.6 Å². The maximum absolute atomic E-state index is 12.7. The van der Waals surface area contributed by atoms with Crippen molar-refractivity contribution in [2.75, 3.05) is 14.1 Å². The second-order valence-corrected chi connectivity index (χ2v) is 7.09. The van der Waals surface area contributed by atoms with Crippen molar-refractivity contribution in [1.82, 2.24) is 15.2 Å². The second kappa shape index (κ2) is 9.69. The maximum Gasteiger partial charge on any atom is 0.271 e. The largest absolute Gasteiger partial charge is 0.489 e. The number of para-hydroxylation sites is 1. The zero-order valence-corrected chi connectivity index (χ0v) is 17.4. The molecule has 0 aliphatic heterocycles. The highest BCUT2D eigenvalue weighted by Gasteiger charge is 2.15. The summed E-state index contributed by atoms with van der Waals surface area (Å²) < 4.78 is 5.94. The lowest BCUT2D eigenvalue weighted by molar-refractivity contribution is 0.0820. The van der Waals surface area contributed by atoms with Crippen LogP contribution >= 0.6 is 0 Å². The highest BCUT2D eigenvalue weighted by atomic mass is 16.5. The van der Waals surface area contributed by atoms with Crippen molar-refractivity contribution in [3.63, 3.8) is 0 Å². The highest BCUT2D eigenvalue weighted by molar-refractivity contribution is 5.97. The van der Waals surface area contributed by atoms with Gasteiger partial charge >= 0.3 is 0 Å². The summed E-state index contributed by atoms with van der Waals surface area (Å²) in [4.78, 5) is 30.4. The number of aromatic nitrogens is 1. The van der Waals surface area contributed by atoms with Crippen molar-refractivity contribution >= 4 is 11.8 Å². The molecule has 0 aliphatic rings. The Bertz CT molecular complexity index is 1030. The molecule has 30 heavy (non-hydrogen) atoms. The monoisotopic (exact) mass is 403 g/mol. The number of ether oxygens (including phenoxy) is 1. The number of hydrogen-bond donors (Lipinski definition) is 1. The van der Waals surface area contributed by atoms with Crippen LogP contribution in [0.2, 0.25) is 0 Å². The topological polar surface area (TPSA) is 71.5 Å². The Balaban J connectivity index is 1.66. The van der Waals surface area contributed by atoms with Crippen LogP contribution in [0.15, 0.2) is 66.7 Å². The van der Waals surface area contributed by atoms with Gasteiger partial charge in [-0.25, -0.2) is 4.98 Å². The van der Waals surface area contributed by atoms with E-state index in [1.165, 1.54) is 4.90 Å². The number of amides is 2. The van der Waals surface area contributed by atoms with Gasteiger partial charge in [0.25, 0.3) is 11.8 Å². The minimum absolute atomic E-state index is 0.199. The molecule has 154 valence electrons. The van der Waals surface area contributed by atoms with Gasteiger partial charge in [0.1, 0.15) is 18.1 Å². The molecule has 2 aromatic carbocycles. The van der Waals surface area contributed by atoms with E-state index >= 15 is 0 Å². The van der Waals surface area contributed by atoms with Gasteiger partial charge in [0, 0.05) is 26.2 Å². The summed E-state index contributed by atoms with van der Waals surface area (Å²) >= 11 is 0. The standard InChI is InChI=1S/C24H25N3O3/c1-17-20(13-14-21(26-17)24(29)27(2)3)23(28)25-15-19-11-7-8-12-22(19)30-16-18-9-5-4-6-10-18/h4-14H,15-16H2,1-3H3,(H,25,28). The normalized spacial score (nSPS) is 10.4. The number of hydrogen-bond acceptors (Lipinski definition) is 4. The van der Waals surface area contributed by atoms with Crippen LogP contribution in [0.3, 0.4) is 0 Å². The molecule has 6 heteroatoms. The lowest BCUT2D eigenvalue weighted by Gasteiger charge is -2.14. The number of carbonyl (C=O) groups is 2. The smallest absolute Gasteiger partial charge is 0.271 e. The predicted octanol–water partition coefficient (Wildman–Crippen LogP) is 3.60. The summed E-state index contributed by atoms with van der Waals surface area (Å²) in [7, 11) is 3.33. The van der Waals surface area contributed by atoms with Gasteiger partial charge in [-0.15, -0.1) is 0 Å². The number of aryl methyl sites for hydroxylation is 1. The third-order valence-electron chi connectivity index (χ3n) is 4.60. The average molecular weight is 403 g/mol. The van der Waals surface area contributed by atoms with Crippen LogP contribution in [-0.2, 0) is 13.2 Å². The number of nitrogens with zero attached hydrogens (tertiary/aromatic N) is 2. The van der Waals surface area contributed by atoms with Crippen molar-refractivity contribution in [2.24, 2.45) is 0 Å². The van der Waals surface area contributed by atoms with Gasteiger partial charge in [-0.1, -0.05) is 48.5 Å². The van der Waals surface area contributed by atoms with Crippen LogP contribution in [0.1, 0.15) is 37.7 Å². The van der Waals surface area contributed by atoms with E-state index in [0.29, 0.717) is 30.1 Å². The summed E-state index contributed by atoms with van der Waals surface area (Å²) in [5.74, 6) is 0.277. The van der Waals surface area contributed by atoms with E-state index in [4.69, 9.17) is 4.74 Å². The van der Waals surface area contributed by atoms with Gasteiger partial charge in [0.05, 0.1) is 11.3 Å². The molecule has 0 atom stereocenters. The van der Waals surface area contributed by atoms with E-state index in [2.05, 4.69) is 10.3 Å². The molecule has 0 saturated carbocycles. The minimum Gasteiger partial charge on any atom is -0.489 e. The molecule has 0 radical (unpaired) electrons. The molecule has 0 spiro atoms. The van der Waals surface area contributed by atoms with Crippen LogP contribution in [-0.4, -0.2) is 35.8 Å². The van der Waals surface area contributed by atoms with Crippen molar-refractivity contribution in [3.8, 4) is 5.75 Å². The van der Waals surface area contributed by atoms with E-state index in [0.717, 1.165) is 16.9 Å². The molecule has 6 nitrogen and oxygen atoms in total. The third kappa shape index (κ3) is 5.23. The Labute approximate surface area is 176 Å². The summed E-state index contributed by atoms with van der Waals surface area (Å²) in [5, 5.41) is 2.91. The SMILES string of the molecule is Cc1nc(C(=O)N(C)C)ccc1C(=O)NCc1ccccc1OCc1ccccc1. The molecule has 2 amide bonds. The average Bonchev–Trinajstić information content (AvgIpc) is 2.76. The van der Waals surface area contributed by atoms with Gasteiger partial charge < -0.3 is 15.0 Å². The fourth-order valence-electron chi connectivity index (χ4n) is 2.95. The summed E-state index contributed by atoms with van der Waals surface area (Å²) in [6.07, 6.45) is 0. The zero-order valence-electron chi connectivity index (χ0n) is 17.4. The van der Waals surface area contributed by atoms with E-state index in [-0.39, 0.29) is 11.8 Å². The van der Waals surface area contributed by atoms with Gasteiger partial charge in [-0.2, -0.15) is 0 Å². The van der Waals surface area contributed by atoms with Crippen LogP contribution in [0.5, 0.6) is 5.75 Å². The Morgan fingerprint density at radius 3 is 2.37 bits per heavy atom. The molecular weight excluding hydrogens is 378 g/mol. The molecule has 1 aromatic heterocycles. The van der Waals surface area contributed by atoms with Gasteiger partial charge in [0.15, 0.2) is 0 Å². The fraction of sp³-hybridized carbons (Fsp3) is 0.208. The molecule has 3 rings (SSSR count). The number of pyridine rings is 1. The Hall–Kier alpha value is -3.67. The van der Waals surface area contributed by atoms with Crippen LogP contribution < -0.4 is 10.1 Å². The minimum atomic E-state index is -0.248. The van der Waals surface area contributed by atoms with E-state index in [1.54, 1.807) is 33.2 Å². The Morgan fingerprint density at radius 2 is 1.67 bits per heavy atom. The first-order valence-corrected chi connectivity index (χ1v) is 9.68. The van der Waals surface area contributed by atoms with Crippen LogP contribution in [0.25, 0.3) is 0 Å². The molecule has 1 N–H and O–H groups in total. The lowest BCUT2D eigenvalue weighted by Crippen LogP contribution is -2.26. The molecule has 1 heterocycles. The van der Waals surface area contributed by atoms with Crippen molar-refractivity contribution in [1.29, 1.82) is 0 Å². The van der Waals surface area contributed by atoms with E-state index in [9.17, 15) is 9.59 Å². The number of carbonyl (C=O) groups excluding carboxylic acids is 2. The molecule has 0 bridgehead atoms. The maximum atomic E-state index is 12.7. The molecule has 3 aromatic rings. The number of nitrogens with one attached hydrogen (secondary N) is 1. The number of benzene rings is 2. The van der Waals surface area contributed by atoms with Crippen LogP contribution in [0, 0.1) is 6.92 Å². The Kier molecular flexibility index (Phi) is 6.80. The molecular formula is C24H25N3O3. The quantitative estimate of drug-likeness (QED) is 0.654. The number of rotatable bonds is 7. The molecule has 0 aliphatic carbocycles. The van der Waals surface area contributed by atoms with Gasteiger partial charge in [-0.05, 0) is 30.7 Å². The fourth-order valence-corrected chi connectivity index (χ4v) is 2.95. The van der Waals surface area contributed by atoms with Gasteiger partial charge in [0.2, 0.25) is 0 Å².